The van der Waals surface area contributed by atoms with Crippen molar-refractivity contribution in [2.45, 2.75) is 13.2 Å². The molecule has 0 aliphatic rings. The van der Waals surface area contributed by atoms with Crippen LogP contribution in [-0.4, -0.2) is 17.9 Å². The Morgan fingerprint density at radius 2 is 1.83 bits per heavy atom. The van der Waals surface area contributed by atoms with Gasteiger partial charge in [0.05, 0.1) is 6.21 Å². The van der Waals surface area contributed by atoms with Gasteiger partial charge in [0, 0.05) is 12.1 Å². The molecule has 0 unspecified atom stereocenters. The van der Waals surface area contributed by atoms with Crippen LogP contribution in [0.4, 0.5) is 8.78 Å². The first-order valence-electron chi connectivity index (χ1n) is 6.80. The monoisotopic (exact) mass is 335 g/mol. The summed E-state index contributed by atoms with van der Waals surface area (Å²) in [7, 11) is 0. The second-order valence-corrected chi connectivity index (χ2v) is 4.86. The molecule has 0 spiro atoms. The van der Waals surface area contributed by atoms with E-state index in [2.05, 4.69) is 20.6 Å². The molecule has 0 aromatic heterocycles. The average Bonchev–Trinajstić information content (AvgIpc) is 2.55. The van der Waals surface area contributed by atoms with Crippen molar-refractivity contribution in [3.63, 3.8) is 0 Å². The minimum atomic E-state index is -2.88. The van der Waals surface area contributed by atoms with Crippen LogP contribution in [0.25, 0.3) is 0 Å². The second kappa shape index (κ2) is 8.79. The maximum absolute atomic E-state index is 12.3. The zero-order valence-corrected chi connectivity index (χ0v) is 12.9. The maximum Gasteiger partial charge on any atom is 0.387 e. The molecule has 0 radical (unpaired) electrons. The van der Waals surface area contributed by atoms with Crippen LogP contribution in [0.3, 0.4) is 0 Å². The number of nitrogens with one attached hydrogen (secondary N) is 2. The number of halogens is 2. The van der Waals surface area contributed by atoms with Gasteiger partial charge >= 0.3 is 6.61 Å². The molecular formula is C16H15F2N3OS. The Morgan fingerprint density at radius 3 is 2.57 bits per heavy atom. The van der Waals surface area contributed by atoms with Crippen molar-refractivity contribution in [2.24, 2.45) is 5.10 Å². The molecule has 2 N–H and O–H groups in total. The van der Waals surface area contributed by atoms with Gasteiger partial charge in [-0.3, -0.25) is 5.43 Å². The van der Waals surface area contributed by atoms with Crippen LogP contribution < -0.4 is 15.5 Å². The predicted octanol–water partition coefficient (Wildman–Crippen LogP) is 3.29. The molecule has 7 heteroatoms. The first-order chi connectivity index (χ1) is 11.1. The molecule has 0 bridgehead atoms. The van der Waals surface area contributed by atoms with Crippen molar-refractivity contribution in [3.05, 3.63) is 65.7 Å². The van der Waals surface area contributed by atoms with Crippen LogP contribution in [0.1, 0.15) is 11.1 Å². The average molecular weight is 335 g/mol. The molecule has 120 valence electrons. The third-order valence-corrected chi connectivity index (χ3v) is 3.04. The molecule has 0 saturated heterocycles. The van der Waals surface area contributed by atoms with Crippen molar-refractivity contribution >= 4 is 23.5 Å². The first-order valence-corrected chi connectivity index (χ1v) is 7.20. The van der Waals surface area contributed by atoms with E-state index in [1.54, 1.807) is 18.2 Å². The van der Waals surface area contributed by atoms with Crippen molar-refractivity contribution < 1.29 is 13.5 Å². The van der Waals surface area contributed by atoms with Gasteiger partial charge < -0.3 is 10.1 Å². The van der Waals surface area contributed by atoms with Gasteiger partial charge in [-0.05, 0) is 29.9 Å². The zero-order chi connectivity index (χ0) is 16.5. The Labute approximate surface area is 138 Å². The molecule has 2 rings (SSSR count). The summed E-state index contributed by atoms with van der Waals surface area (Å²) in [5.41, 5.74) is 4.13. The zero-order valence-electron chi connectivity index (χ0n) is 12.1. The molecule has 0 saturated carbocycles. The molecule has 0 fully saturated rings. The summed E-state index contributed by atoms with van der Waals surface area (Å²) >= 11 is 5.08. The van der Waals surface area contributed by atoms with Crippen LogP contribution in [0.5, 0.6) is 5.75 Å². The van der Waals surface area contributed by atoms with E-state index in [4.69, 9.17) is 12.2 Å². The highest BCUT2D eigenvalue weighted by Gasteiger charge is 2.07. The van der Waals surface area contributed by atoms with E-state index in [0.29, 0.717) is 17.2 Å². The predicted molar refractivity (Wildman–Crippen MR) is 89.7 cm³/mol. The van der Waals surface area contributed by atoms with Crippen molar-refractivity contribution in [1.29, 1.82) is 0 Å². The minimum absolute atomic E-state index is 0.0520. The normalized spacial score (nSPS) is 10.7. The van der Waals surface area contributed by atoms with Crippen LogP contribution in [0.2, 0.25) is 0 Å². The molecule has 0 heterocycles. The van der Waals surface area contributed by atoms with Gasteiger partial charge in [-0.25, -0.2) is 0 Å². The highest BCUT2D eigenvalue weighted by Crippen LogP contribution is 2.18. The summed E-state index contributed by atoms with van der Waals surface area (Å²) < 4.78 is 29.0. The summed E-state index contributed by atoms with van der Waals surface area (Å²) in [4.78, 5) is 0. The van der Waals surface area contributed by atoms with Gasteiger partial charge in [0.25, 0.3) is 0 Å². The number of alkyl halides is 2. The molecule has 0 atom stereocenters. The van der Waals surface area contributed by atoms with Crippen LogP contribution in [-0.2, 0) is 6.54 Å². The van der Waals surface area contributed by atoms with E-state index in [9.17, 15) is 8.78 Å². The smallest absolute Gasteiger partial charge is 0.387 e. The summed E-state index contributed by atoms with van der Waals surface area (Å²) in [6.07, 6.45) is 1.37. The molecule has 2 aromatic rings. The molecular weight excluding hydrogens is 320 g/mol. The number of nitrogens with zero attached hydrogens (tertiary/aromatic N) is 1. The van der Waals surface area contributed by atoms with Crippen molar-refractivity contribution in [1.82, 2.24) is 10.7 Å². The summed E-state index contributed by atoms with van der Waals surface area (Å²) in [5, 5.41) is 7.24. The highest BCUT2D eigenvalue weighted by molar-refractivity contribution is 7.80. The second-order valence-electron chi connectivity index (χ2n) is 4.45. The number of benzene rings is 2. The lowest BCUT2D eigenvalue weighted by atomic mass is 10.2. The Kier molecular flexibility index (Phi) is 6.43. The van der Waals surface area contributed by atoms with E-state index < -0.39 is 6.61 Å². The fourth-order valence-corrected chi connectivity index (χ4v) is 1.89. The largest absolute Gasteiger partial charge is 0.434 e. The number of rotatable bonds is 6. The third kappa shape index (κ3) is 5.99. The van der Waals surface area contributed by atoms with Gasteiger partial charge in [-0.15, -0.1) is 0 Å². The number of hydrogen-bond acceptors (Lipinski definition) is 3. The van der Waals surface area contributed by atoms with Gasteiger partial charge in [-0.1, -0.05) is 42.5 Å². The number of para-hydroxylation sites is 1. The molecule has 0 amide bonds. The Morgan fingerprint density at radius 1 is 1.13 bits per heavy atom. The summed E-state index contributed by atoms with van der Waals surface area (Å²) in [6, 6.07) is 16.1. The molecule has 23 heavy (non-hydrogen) atoms. The minimum Gasteiger partial charge on any atom is -0.434 e. The molecule has 0 aliphatic carbocycles. The lowest BCUT2D eigenvalue weighted by Gasteiger charge is -2.08. The Balaban J connectivity index is 1.85. The number of hydrazone groups is 1. The van der Waals surface area contributed by atoms with E-state index in [-0.39, 0.29) is 5.75 Å². The van der Waals surface area contributed by atoms with Crippen LogP contribution in [0.15, 0.2) is 59.7 Å². The van der Waals surface area contributed by atoms with Crippen molar-refractivity contribution in [3.8, 4) is 5.75 Å². The topological polar surface area (TPSA) is 45.6 Å². The third-order valence-electron chi connectivity index (χ3n) is 2.80. The van der Waals surface area contributed by atoms with E-state index in [1.165, 1.54) is 12.3 Å². The lowest BCUT2D eigenvalue weighted by molar-refractivity contribution is -0.0499. The van der Waals surface area contributed by atoms with Crippen LogP contribution >= 0.6 is 12.2 Å². The van der Waals surface area contributed by atoms with Gasteiger partial charge in [-0.2, -0.15) is 13.9 Å². The van der Waals surface area contributed by atoms with Crippen molar-refractivity contribution in [2.75, 3.05) is 0 Å². The summed E-state index contributed by atoms with van der Waals surface area (Å²) in [5.74, 6) is 0.0520. The first kappa shape index (κ1) is 16.8. The molecule has 0 aliphatic heterocycles. The molecule has 4 nitrogen and oxygen atoms in total. The van der Waals surface area contributed by atoms with Gasteiger partial charge in [0.1, 0.15) is 5.75 Å². The number of thiocarbonyl (C=S) groups is 1. The standard InChI is InChI=1S/C16H15F2N3OS/c17-15(18)22-14-9-5-4-8-13(14)11-20-21-16(23)19-10-12-6-2-1-3-7-12/h1-9,11,15H,10H2,(H2,19,21,23)/b20-11-. The van der Waals surface area contributed by atoms with Gasteiger partial charge in [0.2, 0.25) is 0 Å². The van der Waals surface area contributed by atoms with E-state index >= 15 is 0 Å². The summed E-state index contributed by atoms with van der Waals surface area (Å²) in [6.45, 7) is -2.32. The van der Waals surface area contributed by atoms with Gasteiger partial charge in [0.15, 0.2) is 5.11 Å². The van der Waals surface area contributed by atoms with E-state index in [0.717, 1.165) is 5.56 Å². The number of hydrogen-bond donors (Lipinski definition) is 2. The SMILES string of the molecule is FC(F)Oc1ccccc1/C=N\NC(=S)NCc1ccccc1. The molecule has 2 aromatic carbocycles. The van der Waals surface area contributed by atoms with E-state index in [1.807, 2.05) is 30.3 Å². The quantitative estimate of drug-likeness (QED) is 0.483. The Hall–Kier alpha value is -2.54. The fourth-order valence-electron chi connectivity index (χ4n) is 1.77. The fraction of sp³-hybridized carbons (Fsp3) is 0.125. The highest BCUT2D eigenvalue weighted by atomic mass is 32.1. The number of ether oxygens (including phenoxy) is 1. The lowest BCUT2D eigenvalue weighted by Crippen LogP contribution is -2.31. The Bertz CT molecular complexity index is 665. The van der Waals surface area contributed by atoms with Crippen LogP contribution in [0, 0.1) is 0 Å². The maximum atomic E-state index is 12.3.